The summed E-state index contributed by atoms with van der Waals surface area (Å²) in [6, 6.07) is 16.2. The van der Waals surface area contributed by atoms with Crippen molar-refractivity contribution in [3.8, 4) is 28.4 Å². The number of aromatic nitrogens is 4. The van der Waals surface area contributed by atoms with E-state index >= 15 is 0 Å². The molecule has 146 valence electrons. The minimum absolute atomic E-state index is 0.0199. The van der Waals surface area contributed by atoms with Crippen molar-refractivity contribution in [3.63, 3.8) is 0 Å². The van der Waals surface area contributed by atoms with E-state index in [1.165, 1.54) is 22.9 Å². The van der Waals surface area contributed by atoms with Crippen LogP contribution in [0.3, 0.4) is 0 Å². The molecule has 0 unspecified atom stereocenters. The minimum atomic E-state index is -0.339. The first kappa shape index (κ1) is 18.5. The van der Waals surface area contributed by atoms with E-state index in [1.54, 1.807) is 18.2 Å². The zero-order valence-electron chi connectivity index (χ0n) is 15.6. The van der Waals surface area contributed by atoms with Crippen molar-refractivity contribution in [1.82, 2.24) is 19.9 Å². The molecule has 0 amide bonds. The molecule has 0 fully saturated rings. The van der Waals surface area contributed by atoms with Crippen LogP contribution in [0.2, 0.25) is 0 Å². The average molecular weight is 392 g/mol. The molecule has 0 radical (unpaired) electrons. The lowest BCUT2D eigenvalue weighted by molar-refractivity contribution is 0.340. The second kappa shape index (κ2) is 8.05. The van der Waals surface area contributed by atoms with Gasteiger partial charge in [-0.3, -0.25) is 4.79 Å². The van der Waals surface area contributed by atoms with Crippen LogP contribution < -0.4 is 10.3 Å². The van der Waals surface area contributed by atoms with Gasteiger partial charge in [0.1, 0.15) is 18.1 Å². The van der Waals surface area contributed by atoms with Crippen LogP contribution in [-0.2, 0) is 6.54 Å². The van der Waals surface area contributed by atoms with Gasteiger partial charge < -0.3 is 9.26 Å². The highest BCUT2D eigenvalue weighted by atomic mass is 19.1. The fourth-order valence-corrected chi connectivity index (χ4v) is 2.79. The zero-order chi connectivity index (χ0) is 20.2. The lowest BCUT2D eigenvalue weighted by Gasteiger charge is -2.05. The van der Waals surface area contributed by atoms with Gasteiger partial charge in [0.25, 0.3) is 5.56 Å². The number of nitrogens with zero attached hydrogens (tertiary/aromatic N) is 4. The molecule has 0 aliphatic heterocycles. The molecule has 4 aromatic rings. The smallest absolute Gasteiger partial charge is 0.267 e. The molecule has 8 heteroatoms. The number of rotatable bonds is 6. The van der Waals surface area contributed by atoms with Crippen molar-refractivity contribution in [2.24, 2.45) is 0 Å². The van der Waals surface area contributed by atoms with Crippen LogP contribution >= 0.6 is 0 Å². The van der Waals surface area contributed by atoms with E-state index in [2.05, 4.69) is 15.2 Å². The summed E-state index contributed by atoms with van der Waals surface area (Å²) in [5, 5.41) is 8.30. The van der Waals surface area contributed by atoms with Gasteiger partial charge in [-0.1, -0.05) is 17.3 Å². The molecular weight excluding hydrogens is 375 g/mol. The quantitative estimate of drug-likeness (QED) is 0.499. The van der Waals surface area contributed by atoms with Crippen LogP contribution in [0.1, 0.15) is 12.8 Å². The summed E-state index contributed by atoms with van der Waals surface area (Å²) in [5.41, 5.74) is 1.66. The summed E-state index contributed by atoms with van der Waals surface area (Å²) in [6.45, 7) is 2.48. The largest absolute Gasteiger partial charge is 0.494 e. The number of ether oxygens (including phenoxy) is 1. The molecule has 0 aliphatic carbocycles. The highest BCUT2D eigenvalue weighted by Gasteiger charge is 2.12. The second-order valence-electron chi connectivity index (χ2n) is 6.19. The van der Waals surface area contributed by atoms with Crippen molar-refractivity contribution < 1.29 is 13.7 Å². The third-order valence-electron chi connectivity index (χ3n) is 4.16. The van der Waals surface area contributed by atoms with Gasteiger partial charge in [-0.25, -0.2) is 9.07 Å². The van der Waals surface area contributed by atoms with Gasteiger partial charge in [0.05, 0.1) is 12.3 Å². The monoisotopic (exact) mass is 392 g/mol. The molecule has 0 saturated heterocycles. The van der Waals surface area contributed by atoms with E-state index in [0.717, 1.165) is 5.56 Å². The van der Waals surface area contributed by atoms with Crippen molar-refractivity contribution in [1.29, 1.82) is 0 Å². The molecule has 4 rings (SSSR count). The Hall–Kier alpha value is -3.81. The third-order valence-corrected chi connectivity index (χ3v) is 4.16. The van der Waals surface area contributed by atoms with Crippen LogP contribution in [0.4, 0.5) is 4.39 Å². The van der Waals surface area contributed by atoms with Crippen molar-refractivity contribution in [3.05, 3.63) is 82.7 Å². The minimum Gasteiger partial charge on any atom is -0.494 e. The van der Waals surface area contributed by atoms with Crippen LogP contribution in [0.25, 0.3) is 22.6 Å². The zero-order valence-corrected chi connectivity index (χ0v) is 15.6. The molecule has 2 aromatic heterocycles. The summed E-state index contributed by atoms with van der Waals surface area (Å²) >= 11 is 0. The van der Waals surface area contributed by atoms with E-state index in [9.17, 15) is 9.18 Å². The van der Waals surface area contributed by atoms with Crippen LogP contribution in [0.15, 0.2) is 70.0 Å². The Morgan fingerprint density at radius 2 is 1.90 bits per heavy atom. The molecule has 0 saturated carbocycles. The number of benzene rings is 2. The Morgan fingerprint density at radius 3 is 2.69 bits per heavy atom. The molecule has 7 nitrogen and oxygen atoms in total. The SMILES string of the molecule is CCOc1cccc(-c2noc(Cn3nc(-c4ccc(F)cc4)ccc3=O)n2)c1. The molecule has 0 N–H and O–H groups in total. The highest BCUT2D eigenvalue weighted by Crippen LogP contribution is 2.22. The van der Waals surface area contributed by atoms with E-state index in [4.69, 9.17) is 9.26 Å². The summed E-state index contributed by atoms with van der Waals surface area (Å²) in [7, 11) is 0. The van der Waals surface area contributed by atoms with E-state index in [0.29, 0.717) is 29.4 Å². The van der Waals surface area contributed by atoms with Gasteiger partial charge in [0.15, 0.2) is 0 Å². The average Bonchev–Trinajstić information content (AvgIpc) is 3.19. The van der Waals surface area contributed by atoms with Gasteiger partial charge >= 0.3 is 0 Å². The third kappa shape index (κ3) is 4.21. The van der Waals surface area contributed by atoms with Crippen molar-refractivity contribution >= 4 is 0 Å². The van der Waals surface area contributed by atoms with Crippen molar-refractivity contribution in [2.75, 3.05) is 6.61 Å². The summed E-state index contributed by atoms with van der Waals surface area (Å²) in [6.07, 6.45) is 0. The number of hydrogen-bond donors (Lipinski definition) is 0. The predicted molar refractivity (Wildman–Crippen MR) is 104 cm³/mol. The molecule has 0 bridgehead atoms. The van der Waals surface area contributed by atoms with Crippen molar-refractivity contribution in [2.45, 2.75) is 13.5 Å². The maximum absolute atomic E-state index is 13.1. The van der Waals surface area contributed by atoms with E-state index in [1.807, 2.05) is 31.2 Å². The Kier molecular flexibility index (Phi) is 5.15. The van der Waals surface area contributed by atoms with Crippen LogP contribution in [0.5, 0.6) is 5.75 Å². The Balaban J connectivity index is 1.59. The first-order valence-corrected chi connectivity index (χ1v) is 9.02. The highest BCUT2D eigenvalue weighted by molar-refractivity contribution is 5.58. The van der Waals surface area contributed by atoms with E-state index in [-0.39, 0.29) is 23.8 Å². The topological polar surface area (TPSA) is 83.0 Å². The van der Waals surface area contributed by atoms with E-state index < -0.39 is 0 Å². The van der Waals surface area contributed by atoms with Gasteiger partial charge in [-0.05, 0) is 49.4 Å². The molecule has 2 heterocycles. The Bertz CT molecular complexity index is 1190. The molecule has 0 aliphatic rings. The van der Waals surface area contributed by atoms with Gasteiger partial charge in [0, 0.05) is 17.2 Å². The fourth-order valence-electron chi connectivity index (χ4n) is 2.79. The summed E-state index contributed by atoms with van der Waals surface area (Å²) in [4.78, 5) is 16.5. The molecule has 0 spiro atoms. The summed E-state index contributed by atoms with van der Waals surface area (Å²) < 4.78 is 25.1. The van der Waals surface area contributed by atoms with Gasteiger partial charge in [0.2, 0.25) is 11.7 Å². The van der Waals surface area contributed by atoms with Crippen LogP contribution in [0, 0.1) is 5.82 Å². The summed E-state index contributed by atoms with van der Waals surface area (Å²) in [5.74, 6) is 1.01. The second-order valence-corrected chi connectivity index (χ2v) is 6.19. The number of hydrogen-bond acceptors (Lipinski definition) is 6. The fraction of sp³-hybridized carbons (Fsp3) is 0.143. The standard InChI is InChI=1S/C21H17FN4O3/c1-2-28-17-5-3-4-15(12-17)21-23-19(29-25-21)13-26-20(27)11-10-18(24-26)14-6-8-16(22)9-7-14/h3-12H,2,13H2,1H3. The van der Waals surface area contributed by atoms with Gasteiger partial charge in [-0.2, -0.15) is 10.1 Å². The predicted octanol–water partition coefficient (Wildman–Crippen LogP) is 3.55. The first-order valence-electron chi connectivity index (χ1n) is 9.02. The lowest BCUT2D eigenvalue weighted by Crippen LogP contribution is -2.23. The lowest BCUT2D eigenvalue weighted by atomic mass is 10.1. The Morgan fingerprint density at radius 1 is 1.07 bits per heavy atom. The number of halogens is 1. The van der Waals surface area contributed by atoms with Gasteiger partial charge in [-0.15, -0.1) is 0 Å². The first-order chi connectivity index (χ1) is 14.1. The normalized spacial score (nSPS) is 10.8. The molecule has 29 heavy (non-hydrogen) atoms. The molecular formula is C21H17FN4O3. The maximum Gasteiger partial charge on any atom is 0.267 e. The Labute approximate surface area is 165 Å². The maximum atomic E-state index is 13.1. The van der Waals surface area contributed by atoms with Crippen LogP contribution in [-0.4, -0.2) is 26.5 Å². The molecule has 0 atom stereocenters. The molecule has 2 aromatic carbocycles.